The summed E-state index contributed by atoms with van der Waals surface area (Å²) in [6, 6.07) is 4.41. The van der Waals surface area contributed by atoms with Crippen LogP contribution in [0.1, 0.15) is 43.0 Å². The van der Waals surface area contributed by atoms with E-state index in [0.29, 0.717) is 0 Å². The van der Waals surface area contributed by atoms with Crippen LogP contribution in [0, 0.1) is 13.8 Å². The molecule has 0 aliphatic heterocycles. The smallest absolute Gasteiger partial charge is 0.167 e. The third kappa shape index (κ3) is 3.30. The second-order valence-electron chi connectivity index (χ2n) is 6.97. The topological polar surface area (TPSA) is 62.1 Å². The normalized spacial score (nSPS) is 12.4. The molecular formula is C21H26N6S. The Morgan fingerprint density at radius 1 is 1.21 bits per heavy atom. The molecule has 0 saturated carbocycles. The summed E-state index contributed by atoms with van der Waals surface area (Å²) in [5.41, 5.74) is 3.72. The molecule has 4 rings (SSSR count). The van der Waals surface area contributed by atoms with Crippen molar-refractivity contribution >= 4 is 28.1 Å². The molecule has 0 amide bonds. The number of aryl methyl sites for hydroxylation is 2. The summed E-state index contributed by atoms with van der Waals surface area (Å²) in [7, 11) is 0. The number of imidazole rings is 2. The zero-order valence-corrected chi connectivity index (χ0v) is 17.7. The van der Waals surface area contributed by atoms with Crippen molar-refractivity contribution < 1.29 is 0 Å². The lowest BCUT2D eigenvalue weighted by atomic mass is 10.2. The molecule has 0 aliphatic carbocycles. The minimum absolute atomic E-state index is 0.810. The van der Waals surface area contributed by atoms with Crippen molar-refractivity contribution in [3.8, 4) is 11.4 Å². The monoisotopic (exact) mass is 394 g/mol. The predicted molar refractivity (Wildman–Crippen MR) is 116 cm³/mol. The SMILES string of the molecule is CCCCN(CC)c1ccc(/C=c2/c(C)nc3c(-c4ncc[nH]4)c(C)nn23)s1. The van der Waals surface area contributed by atoms with Crippen LogP contribution >= 0.6 is 11.3 Å². The van der Waals surface area contributed by atoms with Crippen LogP contribution in [0.3, 0.4) is 0 Å². The molecule has 0 fully saturated rings. The van der Waals surface area contributed by atoms with E-state index in [1.54, 1.807) is 6.20 Å². The number of fused-ring (bicyclic) bond motifs is 1. The lowest BCUT2D eigenvalue weighted by molar-refractivity contribution is 0.736. The van der Waals surface area contributed by atoms with Gasteiger partial charge in [-0.25, -0.2) is 14.5 Å². The van der Waals surface area contributed by atoms with E-state index in [0.717, 1.165) is 46.9 Å². The summed E-state index contributed by atoms with van der Waals surface area (Å²) in [6.45, 7) is 10.6. The van der Waals surface area contributed by atoms with Crippen LogP contribution in [0.5, 0.6) is 0 Å². The van der Waals surface area contributed by atoms with Crippen LogP contribution in [0.2, 0.25) is 0 Å². The molecule has 4 heterocycles. The first-order valence-corrected chi connectivity index (χ1v) is 10.7. The van der Waals surface area contributed by atoms with Crippen LogP contribution < -0.4 is 10.2 Å². The molecular weight excluding hydrogens is 368 g/mol. The van der Waals surface area contributed by atoms with Crippen molar-refractivity contribution in [3.05, 3.63) is 46.1 Å². The molecule has 0 radical (unpaired) electrons. The van der Waals surface area contributed by atoms with E-state index in [9.17, 15) is 0 Å². The Kier molecular flexibility index (Phi) is 5.17. The molecule has 4 aromatic rings. The van der Waals surface area contributed by atoms with Crippen molar-refractivity contribution in [2.24, 2.45) is 0 Å². The molecule has 6 nitrogen and oxygen atoms in total. The van der Waals surface area contributed by atoms with Crippen LogP contribution in [0.15, 0.2) is 24.5 Å². The van der Waals surface area contributed by atoms with Crippen LogP contribution in [0.25, 0.3) is 23.1 Å². The van der Waals surface area contributed by atoms with Gasteiger partial charge in [-0.2, -0.15) is 5.10 Å². The number of H-pyrrole nitrogens is 1. The second-order valence-corrected chi connectivity index (χ2v) is 8.06. The molecule has 7 heteroatoms. The van der Waals surface area contributed by atoms with E-state index in [1.165, 1.54) is 22.7 Å². The Hall–Kier alpha value is -2.67. The van der Waals surface area contributed by atoms with E-state index >= 15 is 0 Å². The molecule has 0 bridgehead atoms. The fourth-order valence-electron chi connectivity index (χ4n) is 3.50. The van der Waals surface area contributed by atoms with Crippen LogP contribution in [0.4, 0.5) is 5.00 Å². The molecule has 0 aromatic carbocycles. The van der Waals surface area contributed by atoms with Gasteiger partial charge in [0.05, 0.1) is 27.3 Å². The van der Waals surface area contributed by atoms with Gasteiger partial charge >= 0.3 is 0 Å². The summed E-state index contributed by atoms with van der Waals surface area (Å²) in [4.78, 5) is 16.0. The summed E-state index contributed by atoms with van der Waals surface area (Å²) >= 11 is 1.82. The number of nitrogens with zero attached hydrogens (tertiary/aromatic N) is 5. The average molecular weight is 395 g/mol. The van der Waals surface area contributed by atoms with E-state index in [1.807, 2.05) is 35.9 Å². The minimum Gasteiger partial charge on any atom is -0.364 e. The maximum atomic E-state index is 4.79. The lowest BCUT2D eigenvalue weighted by Gasteiger charge is -2.20. The second kappa shape index (κ2) is 7.75. The first-order chi connectivity index (χ1) is 13.6. The van der Waals surface area contributed by atoms with E-state index in [2.05, 4.69) is 46.9 Å². The van der Waals surface area contributed by atoms with Gasteiger partial charge in [-0.3, -0.25) is 0 Å². The first kappa shape index (κ1) is 18.7. The van der Waals surface area contributed by atoms with Gasteiger partial charge < -0.3 is 9.88 Å². The molecule has 146 valence electrons. The predicted octanol–water partition coefficient (Wildman–Crippen LogP) is 3.97. The van der Waals surface area contributed by atoms with E-state index < -0.39 is 0 Å². The lowest BCUT2D eigenvalue weighted by Crippen LogP contribution is -2.22. The zero-order valence-electron chi connectivity index (χ0n) is 16.9. The third-order valence-electron chi connectivity index (χ3n) is 5.01. The number of anilines is 1. The van der Waals surface area contributed by atoms with Crippen molar-refractivity contribution in [3.63, 3.8) is 0 Å². The highest BCUT2D eigenvalue weighted by atomic mass is 32.1. The molecule has 4 aromatic heterocycles. The summed E-state index contributed by atoms with van der Waals surface area (Å²) in [6.07, 6.45) is 8.21. The number of unbranched alkanes of at least 4 members (excludes halogenated alkanes) is 1. The van der Waals surface area contributed by atoms with Crippen LogP contribution in [-0.4, -0.2) is 37.7 Å². The summed E-state index contributed by atoms with van der Waals surface area (Å²) < 4.78 is 1.94. The summed E-state index contributed by atoms with van der Waals surface area (Å²) in [5.74, 6) is 0.810. The number of rotatable bonds is 7. The number of hydrogen-bond acceptors (Lipinski definition) is 5. The van der Waals surface area contributed by atoms with Gasteiger partial charge in [0.1, 0.15) is 5.82 Å². The maximum Gasteiger partial charge on any atom is 0.167 e. The quantitative estimate of drug-likeness (QED) is 0.515. The molecule has 0 spiro atoms. The Morgan fingerprint density at radius 3 is 2.79 bits per heavy atom. The van der Waals surface area contributed by atoms with Crippen LogP contribution in [-0.2, 0) is 0 Å². The Bertz CT molecular complexity index is 1120. The standard InChI is InChI=1S/C21H26N6S/c1-5-7-12-26(6-2)18-9-8-16(28-18)13-17-14(3)24-21-19(15(4)25-27(17)21)20-22-10-11-23-20/h8-11,13H,5-7,12H2,1-4H3,(H,22,23)/b17-13-. The third-order valence-corrected chi connectivity index (χ3v) is 6.10. The largest absolute Gasteiger partial charge is 0.364 e. The summed E-state index contributed by atoms with van der Waals surface area (Å²) in [5, 5.41) is 7.09. The van der Waals surface area contributed by atoms with Gasteiger partial charge in [0.15, 0.2) is 5.65 Å². The molecule has 0 saturated heterocycles. The van der Waals surface area contributed by atoms with Gasteiger partial charge in [-0.1, -0.05) is 13.3 Å². The van der Waals surface area contributed by atoms with Crippen molar-refractivity contribution in [1.82, 2.24) is 24.6 Å². The Morgan fingerprint density at radius 2 is 2.07 bits per heavy atom. The van der Waals surface area contributed by atoms with E-state index in [4.69, 9.17) is 10.1 Å². The van der Waals surface area contributed by atoms with Gasteiger partial charge in [0.2, 0.25) is 0 Å². The Labute approximate surface area is 168 Å². The van der Waals surface area contributed by atoms with Gasteiger partial charge in [0.25, 0.3) is 0 Å². The van der Waals surface area contributed by atoms with Crippen molar-refractivity contribution in [1.29, 1.82) is 0 Å². The molecule has 0 unspecified atom stereocenters. The minimum atomic E-state index is 0.810. The fourth-order valence-corrected chi connectivity index (χ4v) is 4.53. The zero-order chi connectivity index (χ0) is 19.7. The Balaban J connectivity index is 1.75. The fraction of sp³-hybridized carbons (Fsp3) is 0.381. The maximum absolute atomic E-state index is 4.79. The number of hydrogen-bond donors (Lipinski definition) is 1. The number of thiophene rings is 1. The average Bonchev–Trinajstić information content (AvgIpc) is 3.44. The molecule has 0 aliphatic rings. The van der Waals surface area contributed by atoms with Gasteiger partial charge in [-0.15, -0.1) is 11.3 Å². The van der Waals surface area contributed by atoms with Crippen molar-refractivity contribution in [2.45, 2.75) is 40.5 Å². The number of nitrogens with one attached hydrogen (secondary N) is 1. The molecule has 1 N–H and O–H groups in total. The molecule has 0 atom stereocenters. The first-order valence-electron chi connectivity index (χ1n) is 9.84. The van der Waals surface area contributed by atoms with Crippen molar-refractivity contribution in [2.75, 3.05) is 18.0 Å². The van der Waals surface area contributed by atoms with E-state index in [-0.39, 0.29) is 0 Å². The van der Waals surface area contributed by atoms with Gasteiger partial charge in [0, 0.05) is 30.4 Å². The number of aromatic nitrogens is 5. The number of aromatic amines is 1. The highest BCUT2D eigenvalue weighted by Crippen LogP contribution is 2.27. The van der Waals surface area contributed by atoms with Gasteiger partial charge in [-0.05, 0) is 45.4 Å². The highest BCUT2D eigenvalue weighted by Gasteiger charge is 2.18. The highest BCUT2D eigenvalue weighted by molar-refractivity contribution is 7.16. The molecule has 28 heavy (non-hydrogen) atoms.